The lowest BCUT2D eigenvalue weighted by Gasteiger charge is -2.35. The van der Waals surface area contributed by atoms with Crippen molar-refractivity contribution in [3.63, 3.8) is 0 Å². The van der Waals surface area contributed by atoms with Gasteiger partial charge in [-0.1, -0.05) is 0 Å². The number of rotatable bonds is 7. The van der Waals surface area contributed by atoms with E-state index in [1.165, 1.54) is 0 Å². The van der Waals surface area contributed by atoms with Gasteiger partial charge in [-0.05, 0) is 58.3 Å². The fourth-order valence-corrected chi connectivity index (χ4v) is 6.44. The fraction of sp³-hybridized carbons (Fsp3) is 0.429. The zero-order chi connectivity index (χ0) is 31.0. The number of benzene rings is 2. The molecular formula is C35H44FIN6O2. The lowest BCUT2D eigenvalue weighted by atomic mass is 10.1. The third kappa shape index (κ3) is 6.83. The molecule has 2 aromatic heterocycles. The van der Waals surface area contributed by atoms with Crippen molar-refractivity contribution in [3.05, 3.63) is 70.0 Å². The second kappa shape index (κ2) is 14.0. The molecule has 2 aliphatic heterocycles. The maximum absolute atomic E-state index is 15.7. The van der Waals surface area contributed by atoms with Crippen LogP contribution in [0.4, 0.5) is 21.5 Å². The molecule has 2 aliphatic rings. The first-order valence-electron chi connectivity index (χ1n) is 15.8. The predicted molar refractivity (Wildman–Crippen MR) is 179 cm³/mol. The number of nitrogens with zero attached hydrogens (tertiary/aromatic N) is 6. The number of aryl methyl sites for hydroxylation is 1. The molecule has 8 nitrogen and oxygen atoms in total. The molecule has 0 atom stereocenters. The minimum absolute atomic E-state index is 0. The van der Waals surface area contributed by atoms with Gasteiger partial charge in [0.05, 0.1) is 22.3 Å². The Morgan fingerprint density at radius 1 is 0.844 bits per heavy atom. The van der Waals surface area contributed by atoms with Crippen LogP contribution in [0, 0.1) is 5.82 Å². The van der Waals surface area contributed by atoms with Gasteiger partial charge in [0.1, 0.15) is 18.4 Å². The summed E-state index contributed by atoms with van der Waals surface area (Å²) in [5, 5.41) is 1.78. The van der Waals surface area contributed by atoms with E-state index in [1.54, 1.807) is 6.07 Å². The number of halogens is 2. The van der Waals surface area contributed by atoms with Crippen LogP contribution in [0.25, 0.3) is 34.0 Å². The van der Waals surface area contributed by atoms with Crippen LogP contribution in [0.5, 0.6) is 0 Å². The summed E-state index contributed by atoms with van der Waals surface area (Å²) in [4.78, 5) is 24.4. The lowest BCUT2D eigenvalue weighted by Crippen LogP contribution is -3.00. The first kappa shape index (κ1) is 33.2. The molecule has 2 aromatic carbocycles. The Kier molecular flexibility index (Phi) is 10.3. The van der Waals surface area contributed by atoms with Crippen molar-refractivity contribution in [1.82, 2.24) is 9.80 Å². The van der Waals surface area contributed by atoms with E-state index in [0.29, 0.717) is 16.8 Å². The van der Waals surface area contributed by atoms with Crippen LogP contribution in [0.2, 0.25) is 0 Å². The molecule has 0 spiro atoms. The Bertz CT molecular complexity index is 1760. The molecule has 4 heterocycles. The summed E-state index contributed by atoms with van der Waals surface area (Å²) >= 11 is 0. The number of piperazine rings is 2. The van der Waals surface area contributed by atoms with E-state index in [1.807, 2.05) is 43.5 Å². The van der Waals surface area contributed by atoms with Gasteiger partial charge in [-0.15, -0.1) is 0 Å². The lowest BCUT2D eigenvalue weighted by molar-refractivity contribution is -0.646. The Morgan fingerprint density at radius 3 is 2.09 bits per heavy atom. The van der Waals surface area contributed by atoms with Crippen molar-refractivity contribution in [1.29, 1.82) is 0 Å². The quantitative estimate of drug-likeness (QED) is 0.163. The molecule has 0 saturated carbocycles. The number of likely N-dealkylation sites (N-methyl/N-ethyl adjacent to an activating group) is 2. The van der Waals surface area contributed by atoms with E-state index >= 15 is 4.39 Å². The van der Waals surface area contributed by atoms with E-state index in [0.717, 1.165) is 98.8 Å². The predicted octanol–water partition coefficient (Wildman–Crippen LogP) is 1.43. The standard InChI is InChI=1S/C35H44FN6O2.HI/c1-6-40(7-2)28-11-8-25-20-26(35(43)44-34(25)22-28)9-10-27-21-32(41-16-12-37(3)13-17-41)29-23-30(36)33(24-31(29)39(27)5)42-18-14-38(4)15-19-42;/h8-11,20-24H,6-7,12-19H2,1-5H3;1H/q+1;/p-1. The number of pyridine rings is 1. The highest BCUT2D eigenvalue weighted by molar-refractivity contribution is 5.93. The summed E-state index contributed by atoms with van der Waals surface area (Å²) in [6.45, 7) is 13.0. The number of fused-ring (bicyclic) bond motifs is 2. The van der Waals surface area contributed by atoms with Crippen LogP contribution in [-0.2, 0) is 7.05 Å². The highest BCUT2D eigenvalue weighted by Crippen LogP contribution is 2.33. The molecule has 45 heavy (non-hydrogen) atoms. The zero-order valence-electron chi connectivity index (χ0n) is 27.0. The van der Waals surface area contributed by atoms with Crippen molar-refractivity contribution in [2.24, 2.45) is 7.05 Å². The molecule has 0 unspecified atom stereocenters. The van der Waals surface area contributed by atoms with Crippen molar-refractivity contribution in [3.8, 4) is 0 Å². The fourth-order valence-electron chi connectivity index (χ4n) is 6.44. The molecule has 0 aliphatic carbocycles. The van der Waals surface area contributed by atoms with E-state index in [2.05, 4.69) is 69.1 Å². The Hall–Kier alpha value is -3.22. The SMILES string of the molecule is CCN(CC)c1ccc2cc(/C=C/c3cc(N4CCN(C)CC4)c4cc(F)c(N5CCN(C)CC5)cc4[n+]3C)c(=O)oc2c1.[I-]. The summed E-state index contributed by atoms with van der Waals surface area (Å²) in [5.41, 5.74) is 5.31. The molecule has 2 saturated heterocycles. The highest BCUT2D eigenvalue weighted by Gasteiger charge is 2.26. The topological polar surface area (TPSA) is 50.3 Å². The van der Waals surface area contributed by atoms with Gasteiger partial charge in [0.15, 0.2) is 0 Å². The van der Waals surface area contributed by atoms with Crippen LogP contribution in [0.1, 0.15) is 25.1 Å². The molecule has 0 radical (unpaired) electrons. The summed E-state index contributed by atoms with van der Waals surface area (Å²) in [7, 11) is 6.25. The van der Waals surface area contributed by atoms with Gasteiger partial charge in [0.2, 0.25) is 11.2 Å². The Balaban J connectivity index is 0.00000400. The van der Waals surface area contributed by atoms with Gasteiger partial charge in [-0.25, -0.2) is 9.18 Å². The van der Waals surface area contributed by atoms with Gasteiger partial charge in [-0.3, -0.25) is 0 Å². The van der Waals surface area contributed by atoms with E-state index < -0.39 is 0 Å². The van der Waals surface area contributed by atoms with Gasteiger partial charge >= 0.3 is 5.63 Å². The van der Waals surface area contributed by atoms with Gasteiger partial charge in [0.25, 0.3) is 0 Å². The van der Waals surface area contributed by atoms with Crippen molar-refractivity contribution in [2.75, 3.05) is 94.2 Å². The maximum atomic E-state index is 15.7. The average molecular weight is 727 g/mol. The molecule has 6 rings (SSSR count). The zero-order valence-corrected chi connectivity index (χ0v) is 29.2. The van der Waals surface area contributed by atoms with E-state index in [9.17, 15) is 4.79 Å². The highest BCUT2D eigenvalue weighted by atomic mass is 127. The second-order valence-corrected chi connectivity index (χ2v) is 12.1. The van der Waals surface area contributed by atoms with Crippen LogP contribution < -0.4 is 48.9 Å². The van der Waals surface area contributed by atoms with Crippen molar-refractivity contribution >= 4 is 51.1 Å². The number of anilines is 3. The van der Waals surface area contributed by atoms with Crippen molar-refractivity contribution < 1.29 is 37.4 Å². The average Bonchev–Trinajstić information content (AvgIpc) is 3.02. The summed E-state index contributed by atoms with van der Waals surface area (Å²) in [5.74, 6) is -0.182. The first-order valence-corrected chi connectivity index (χ1v) is 15.8. The van der Waals surface area contributed by atoms with E-state index in [-0.39, 0.29) is 35.4 Å². The van der Waals surface area contributed by atoms with Crippen LogP contribution in [-0.4, -0.2) is 89.3 Å². The third-order valence-electron chi connectivity index (χ3n) is 9.37. The Labute approximate surface area is 282 Å². The molecule has 0 amide bonds. The van der Waals surface area contributed by atoms with Crippen LogP contribution in [0.15, 0.2) is 51.7 Å². The Morgan fingerprint density at radius 2 is 1.47 bits per heavy atom. The maximum Gasteiger partial charge on any atom is 0.343 e. The molecule has 10 heteroatoms. The van der Waals surface area contributed by atoms with Gasteiger partial charge in [0, 0.05) is 101 Å². The number of hydrogen-bond donors (Lipinski definition) is 0. The summed E-state index contributed by atoms with van der Waals surface area (Å²) in [6, 6.07) is 13.8. The van der Waals surface area contributed by atoms with Crippen molar-refractivity contribution in [2.45, 2.75) is 13.8 Å². The molecule has 0 bridgehead atoms. The molecule has 4 aromatic rings. The van der Waals surface area contributed by atoms with Crippen LogP contribution >= 0.6 is 0 Å². The summed E-state index contributed by atoms with van der Waals surface area (Å²) < 4.78 is 23.6. The first-order chi connectivity index (χ1) is 21.2. The smallest absolute Gasteiger partial charge is 0.343 e. The van der Waals surface area contributed by atoms with Gasteiger partial charge in [-0.2, -0.15) is 4.57 Å². The number of hydrogen-bond acceptors (Lipinski definition) is 7. The molecule has 0 N–H and O–H groups in total. The minimum atomic E-state index is -0.368. The second-order valence-electron chi connectivity index (χ2n) is 12.1. The summed E-state index contributed by atoms with van der Waals surface area (Å²) in [6.07, 6.45) is 3.81. The minimum Gasteiger partial charge on any atom is -1.00 e. The number of aromatic nitrogens is 1. The molecule has 240 valence electrons. The van der Waals surface area contributed by atoms with Gasteiger partial charge < -0.3 is 52.9 Å². The van der Waals surface area contributed by atoms with Crippen LogP contribution in [0.3, 0.4) is 0 Å². The van der Waals surface area contributed by atoms with E-state index in [4.69, 9.17) is 4.42 Å². The molecular weight excluding hydrogens is 682 g/mol. The molecule has 2 fully saturated rings. The largest absolute Gasteiger partial charge is 1.00 e. The third-order valence-corrected chi connectivity index (χ3v) is 9.37. The monoisotopic (exact) mass is 726 g/mol. The normalized spacial score (nSPS) is 16.6.